The summed E-state index contributed by atoms with van der Waals surface area (Å²) in [5.41, 5.74) is 2.97. The van der Waals surface area contributed by atoms with Gasteiger partial charge in [-0.1, -0.05) is 25.4 Å². The largest absolute Gasteiger partial charge is 0.384 e. The summed E-state index contributed by atoms with van der Waals surface area (Å²) in [6.45, 7) is 5.55. The maximum Gasteiger partial charge on any atom is 0.0410 e. The van der Waals surface area contributed by atoms with E-state index in [0.717, 1.165) is 11.6 Å². The van der Waals surface area contributed by atoms with Crippen LogP contribution in [0.4, 0.5) is 5.69 Å². The van der Waals surface area contributed by atoms with Crippen molar-refractivity contribution >= 4 is 17.3 Å². The highest BCUT2D eigenvalue weighted by molar-refractivity contribution is 6.30. The molecule has 0 saturated heterocycles. The molecule has 0 aliphatic carbocycles. The van der Waals surface area contributed by atoms with Crippen molar-refractivity contribution in [1.82, 2.24) is 0 Å². The minimum Gasteiger partial charge on any atom is -0.384 e. The molecule has 1 heterocycles. The number of nitrogens with one attached hydrogen (secondary N) is 1. The average molecular weight is 210 g/mol. The Kier molecular flexibility index (Phi) is 2.44. The van der Waals surface area contributed by atoms with Crippen molar-refractivity contribution in [2.45, 2.75) is 32.1 Å². The zero-order valence-electron chi connectivity index (χ0n) is 8.73. The Morgan fingerprint density at radius 3 is 2.71 bits per heavy atom. The van der Waals surface area contributed by atoms with Gasteiger partial charge in [-0.3, -0.25) is 0 Å². The van der Waals surface area contributed by atoms with Gasteiger partial charge in [0.1, 0.15) is 0 Å². The molecule has 1 aromatic rings. The normalized spacial score (nSPS) is 17.6. The number of benzene rings is 1. The molecule has 0 spiro atoms. The summed E-state index contributed by atoms with van der Waals surface area (Å²) in [7, 11) is 0. The van der Waals surface area contributed by atoms with E-state index < -0.39 is 0 Å². The molecule has 76 valence electrons. The van der Waals surface area contributed by atoms with Crippen molar-refractivity contribution < 1.29 is 0 Å². The molecule has 14 heavy (non-hydrogen) atoms. The van der Waals surface area contributed by atoms with Gasteiger partial charge in [0.15, 0.2) is 0 Å². The van der Waals surface area contributed by atoms with Gasteiger partial charge < -0.3 is 5.32 Å². The van der Waals surface area contributed by atoms with Crippen LogP contribution >= 0.6 is 11.6 Å². The Labute approximate surface area is 90.5 Å². The van der Waals surface area contributed by atoms with Gasteiger partial charge >= 0.3 is 0 Å². The zero-order valence-corrected chi connectivity index (χ0v) is 9.49. The van der Waals surface area contributed by atoms with Gasteiger partial charge in [-0.25, -0.2) is 0 Å². The van der Waals surface area contributed by atoms with Crippen LogP contribution in [0.3, 0.4) is 0 Å². The highest BCUT2D eigenvalue weighted by Crippen LogP contribution is 2.42. The Morgan fingerprint density at radius 2 is 2.07 bits per heavy atom. The van der Waals surface area contributed by atoms with Crippen LogP contribution in [0, 0.1) is 0 Å². The highest BCUT2D eigenvalue weighted by Gasteiger charge is 2.35. The van der Waals surface area contributed by atoms with Crippen LogP contribution in [0.15, 0.2) is 18.2 Å². The van der Waals surface area contributed by atoms with Gasteiger partial charge in [0.05, 0.1) is 0 Å². The molecule has 1 aromatic carbocycles. The summed E-state index contributed by atoms with van der Waals surface area (Å²) in [6, 6.07) is 6.16. The van der Waals surface area contributed by atoms with Crippen molar-refractivity contribution in [2.75, 3.05) is 11.9 Å². The molecule has 0 radical (unpaired) electrons. The van der Waals surface area contributed by atoms with E-state index in [9.17, 15) is 0 Å². The quantitative estimate of drug-likeness (QED) is 0.781. The summed E-state index contributed by atoms with van der Waals surface area (Å²) >= 11 is 6.04. The van der Waals surface area contributed by atoms with Crippen molar-refractivity contribution in [3.63, 3.8) is 0 Å². The van der Waals surface area contributed by atoms with Crippen molar-refractivity contribution in [3.8, 4) is 0 Å². The van der Waals surface area contributed by atoms with Crippen LogP contribution in [-0.2, 0) is 5.41 Å². The third-order valence-electron chi connectivity index (χ3n) is 3.52. The summed E-state index contributed by atoms with van der Waals surface area (Å²) in [6.07, 6.45) is 2.34. The molecule has 0 aromatic heterocycles. The maximum absolute atomic E-state index is 6.04. The fourth-order valence-electron chi connectivity index (χ4n) is 2.35. The predicted octanol–water partition coefficient (Wildman–Crippen LogP) is 3.82. The fraction of sp³-hybridized carbons (Fsp3) is 0.500. The molecule has 0 atom stereocenters. The van der Waals surface area contributed by atoms with Crippen LogP contribution in [0.25, 0.3) is 0 Å². The van der Waals surface area contributed by atoms with Gasteiger partial charge in [-0.05, 0) is 36.6 Å². The first-order valence-electron chi connectivity index (χ1n) is 5.26. The lowest BCUT2D eigenvalue weighted by atomic mass is 9.78. The molecule has 0 fully saturated rings. The Balaban J connectivity index is 2.51. The monoisotopic (exact) mass is 209 g/mol. The Hall–Kier alpha value is -0.690. The van der Waals surface area contributed by atoms with Gasteiger partial charge in [-0.2, -0.15) is 0 Å². The third kappa shape index (κ3) is 1.31. The average Bonchev–Trinajstić information content (AvgIpc) is 2.57. The Morgan fingerprint density at radius 1 is 1.36 bits per heavy atom. The van der Waals surface area contributed by atoms with E-state index >= 15 is 0 Å². The molecular weight excluding hydrogens is 194 g/mol. The zero-order chi connectivity index (χ0) is 10.2. The van der Waals surface area contributed by atoms with Gasteiger partial charge in [0.2, 0.25) is 0 Å². The molecule has 1 aliphatic heterocycles. The smallest absolute Gasteiger partial charge is 0.0410 e. The molecule has 2 rings (SSSR count). The van der Waals surface area contributed by atoms with Crippen molar-refractivity contribution in [2.24, 2.45) is 0 Å². The maximum atomic E-state index is 6.04. The van der Waals surface area contributed by atoms with E-state index in [1.807, 2.05) is 6.07 Å². The first-order chi connectivity index (χ1) is 6.72. The first kappa shape index (κ1) is 9.85. The number of anilines is 1. The molecule has 2 heteroatoms. The molecule has 0 unspecified atom stereocenters. The van der Waals surface area contributed by atoms with Gasteiger partial charge in [-0.15, -0.1) is 0 Å². The third-order valence-corrected chi connectivity index (χ3v) is 3.76. The van der Waals surface area contributed by atoms with Crippen molar-refractivity contribution in [3.05, 3.63) is 28.8 Å². The molecule has 1 aliphatic rings. The standard InChI is InChI=1S/C12H16ClN/c1-3-12(4-2)8-14-11-6-5-9(13)7-10(11)12/h5-7,14H,3-4,8H2,1-2H3. The fourth-order valence-corrected chi connectivity index (χ4v) is 2.52. The summed E-state index contributed by atoms with van der Waals surface area (Å²) < 4.78 is 0. The number of rotatable bonds is 2. The summed E-state index contributed by atoms with van der Waals surface area (Å²) in [5.74, 6) is 0. The van der Waals surface area contributed by atoms with Crippen LogP contribution < -0.4 is 5.32 Å². The molecule has 1 nitrogen and oxygen atoms in total. The molecule has 1 N–H and O–H groups in total. The SMILES string of the molecule is CCC1(CC)CNc2ccc(Cl)cc21. The number of hydrogen-bond donors (Lipinski definition) is 1. The van der Waals surface area contributed by atoms with Gasteiger partial charge in [0, 0.05) is 22.7 Å². The first-order valence-corrected chi connectivity index (χ1v) is 5.63. The lowest BCUT2D eigenvalue weighted by Gasteiger charge is -2.26. The van der Waals surface area contributed by atoms with Gasteiger partial charge in [0.25, 0.3) is 0 Å². The molecule has 0 saturated carbocycles. The second-order valence-electron chi connectivity index (χ2n) is 4.03. The highest BCUT2D eigenvalue weighted by atomic mass is 35.5. The summed E-state index contributed by atoms with van der Waals surface area (Å²) in [4.78, 5) is 0. The van der Waals surface area contributed by atoms with E-state index in [1.54, 1.807) is 0 Å². The lowest BCUT2D eigenvalue weighted by Crippen LogP contribution is -2.26. The topological polar surface area (TPSA) is 12.0 Å². The second kappa shape index (κ2) is 3.47. The number of fused-ring (bicyclic) bond motifs is 1. The van der Waals surface area contributed by atoms with Crippen LogP contribution in [0.5, 0.6) is 0 Å². The number of halogens is 1. The second-order valence-corrected chi connectivity index (χ2v) is 4.47. The minimum absolute atomic E-state index is 0.306. The van der Waals surface area contributed by atoms with Crippen molar-refractivity contribution in [1.29, 1.82) is 0 Å². The molecule has 0 amide bonds. The Bertz CT molecular complexity index is 342. The molecule has 0 bridgehead atoms. The van der Waals surface area contributed by atoms with E-state index in [4.69, 9.17) is 11.6 Å². The molecular formula is C12H16ClN. The van der Waals surface area contributed by atoms with E-state index in [0.29, 0.717) is 5.41 Å². The summed E-state index contributed by atoms with van der Waals surface area (Å²) in [5, 5.41) is 4.31. The minimum atomic E-state index is 0.306. The predicted molar refractivity (Wildman–Crippen MR) is 62.2 cm³/mol. The van der Waals surface area contributed by atoms with Crippen LogP contribution in [0.1, 0.15) is 32.3 Å². The van der Waals surface area contributed by atoms with E-state index in [-0.39, 0.29) is 0 Å². The van der Waals surface area contributed by atoms with E-state index in [2.05, 4.69) is 31.3 Å². The van der Waals surface area contributed by atoms with Crippen LogP contribution in [0.2, 0.25) is 5.02 Å². The van der Waals surface area contributed by atoms with Crippen LogP contribution in [-0.4, -0.2) is 6.54 Å². The van der Waals surface area contributed by atoms with E-state index in [1.165, 1.54) is 24.1 Å². The number of hydrogen-bond acceptors (Lipinski definition) is 1. The lowest BCUT2D eigenvalue weighted by molar-refractivity contribution is 0.437.